The van der Waals surface area contributed by atoms with Crippen molar-refractivity contribution >= 4 is 12.1 Å². The number of rotatable bonds is 1. The second-order valence-electron chi connectivity index (χ2n) is 6.25. The van der Waals surface area contributed by atoms with Gasteiger partial charge in [-0.3, -0.25) is 4.90 Å². The third-order valence-corrected chi connectivity index (χ3v) is 3.79. The van der Waals surface area contributed by atoms with Crippen LogP contribution in [0.15, 0.2) is 0 Å². The molecule has 19 heavy (non-hydrogen) atoms. The Kier molecular flexibility index (Phi) is 3.24. The number of nitrogens with zero attached hydrogens (tertiary/aromatic N) is 1. The molecule has 0 aromatic heterocycles. The number of fused-ring (bicyclic) bond motifs is 2. The standard InChI is InChI=1S/C13H21NO5/c1-12(2,3)19-11(17)14-8-5-6-13(14,7-9(8)15)10(16)18-4/h8-9,15H,5-7H2,1-4H3/t8-,9+,13+/m1/s1. The van der Waals surface area contributed by atoms with Crippen molar-refractivity contribution in [2.45, 2.75) is 63.3 Å². The highest BCUT2D eigenvalue weighted by Gasteiger charge is 2.64. The van der Waals surface area contributed by atoms with Crippen LogP contribution in [0.1, 0.15) is 40.0 Å². The molecule has 2 bridgehead atoms. The average molecular weight is 271 g/mol. The van der Waals surface area contributed by atoms with Gasteiger partial charge in [0.15, 0.2) is 0 Å². The van der Waals surface area contributed by atoms with Crippen LogP contribution < -0.4 is 0 Å². The van der Waals surface area contributed by atoms with Crippen LogP contribution in [0.4, 0.5) is 4.79 Å². The zero-order valence-corrected chi connectivity index (χ0v) is 11.8. The molecule has 1 N–H and O–H groups in total. The van der Waals surface area contributed by atoms with E-state index in [1.807, 2.05) is 0 Å². The third kappa shape index (κ3) is 2.18. The molecule has 2 heterocycles. The lowest BCUT2D eigenvalue weighted by molar-refractivity contribution is -0.152. The van der Waals surface area contributed by atoms with Gasteiger partial charge in [-0.1, -0.05) is 0 Å². The summed E-state index contributed by atoms with van der Waals surface area (Å²) in [6.45, 7) is 5.30. The highest BCUT2D eigenvalue weighted by Crippen LogP contribution is 2.47. The minimum atomic E-state index is -1.05. The van der Waals surface area contributed by atoms with Crippen molar-refractivity contribution < 1.29 is 24.2 Å². The lowest BCUT2D eigenvalue weighted by Gasteiger charge is -2.33. The molecule has 0 aromatic carbocycles. The van der Waals surface area contributed by atoms with E-state index in [0.29, 0.717) is 12.8 Å². The number of aliphatic hydroxyl groups is 1. The van der Waals surface area contributed by atoms with Gasteiger partial charge in [0.2, 0.25) is 0 Å². The normalized spacial score (nSPS) is 33.4. The van der Waals surface area contributed by atoms with Crippen molar-refractivity contribution in [2.24, 2.45) is 0 Å². The zero-order chi connectivity index (χ0) is 14.4. The number of hydrogen-bond donors (Lipinski definition) is 1. The molecule has 3 atom stereocenters. The van der Waals surface area contributed by atoms with Gasteiger partial charge in [-0.15, -0.1) is 0 Å². The monoisotopic (exact) mass is 271 g/mol. The van der Waals surface area contributed by atoms with Crippen LogP contribution in [0.25, 0.3) is 0 Å². The molecule has 0 spiro atoms. The average Bonchev–Trinajstić information content (AvgIpc) is 2.78. The zero-order valence-electron chi connectivity index (χ0n) is 11.8. The molecule has 6 nitrogen and oxygen atoms in total. The van der Waals surface area contributed by atoms with Crippen LogP contribution in [-0.2, 0) is 14.3 Å². The summed E-state index contributed by atoms with van der Waals surface area (Å²) < 4.78 is 10.2. The summed E-state index contributed by atoms with van der Waals surface area (Å²) in [4.78, 5) is 25.7. The quantitative estimate of drug-likeness (QED) is 0.722. The van der Waals surface area contributed by atoms with E-state index in [0.717, 1.165) is 0 Å². The van der Waals surface area contributed by atoms with Gasteiger partial charge in [-0.25, -0.2) is 9.59 Å². The lowest BCUT2D eigenvalue weighted by atomic mass is 9.86. The summed E-state index contributed by atoms with van der Waals surface area (Å²) in [6.07, 6.45) is 0.0806. The molecule has 2 saturated heterocycles. The minimum Gasteiger partial charge on any atom is -0.467 e. The molecule has 2 aliphatic rings. The Balaban J connectivity index is 2.28. The van der Waals surface area contributed by atoms with Gasteiger partial charge in [-0.2, -0.15) is 0 Å². The van der Waals surface area contributed by atoms with E-state index < -0.39 is 29.3 Å². The van der Waals surface area contributed by atoms with Crippen LogP contribution in [0.5, 0.6) is 0 Å². The first-order valence-corrected chi connectivity index (χ1v) is 6.50. The first-order valence-electron chi connectivity index (χ1n) is 6.50. The van der Waals surface area contributed by atoms with Gasteiger partial charge in [-0.05, 0) is 33.6 Å². The summed E-state index contributed by atoms with van der Waals surface area (Å²) in [5, 5.41) is 9.99. The van der Waals surface area contributed by atoms with E-state index in [1.165, 1.54) is 12.0 Å². The number of amides is 1. The fraction of sp³-hybridized carbons (Fsp3) is 0.846. The van der Waals surface area contributed by atoms with Crippen molar-refractivity contribution in [1.29, 1.82) is 0 Å². The SMILES string of the molecule is COC(=O)[C@]12CC[C@H]([C@@H](O)C1)N2C(=O)OC(C)(C)C. The van der Waals surface area contributed by atoms with E-state index in [4.69, 9.17) is 9.47 Å². The Morgan fingerprint density at radius 3 is 2.47 bits per heavy atom. The molecule has 1 amide bonds. The van der Waals surface area contributed by atoms with Crippen LogP contribution in [0.3, 0.4) is 0 Å². The fourth-order valence-electron chi connectivity index (χ4n) is 3.10. The van der Waals surface area contributed by atoms with E-state index in [-0.39, 0.29) is 12.5 Å². The molecule has 2 rings (SSSR count). The Labute approximate surface area is 112 Å². The molecule has 2 fully saturated rings. The molecule has 108 valence electrons. The number of methoxy groups -OCH3 is 1. The molecule has 0 unspecified atom stereocenters. The summed E-state index contributed by atoms with van der Waals surface area (Å²) >= 11 is 0. The van der Waals surface area contributed by atoms with Gasteiger partial charge in [0.25, 0.3) is 0 Å². The topological polar surface area (TPSA) is 76.1 Å². The summed E-state index contributed by atoms with van der Waals surface area (Å²) in [5.41, 5.74) is -1.69. The van der Waals surface area contributed by atoms with Crippen molar-refractivity contribution in [1.82, 2.24) is 4.90 Å². The van der Waals surface area contributed by atoms with Gasteiger partial charge < -0.3 is 14.6 Å². The minimum absolute atomic E-state index is 0.226. The number of ether oxygens (including phenoxy) is 2. The lowest BCUT2D eigenvalue weighted by Crippen LogP contribution is -2.52. The van der Waals surface area contributed by atoms with Gasteiger partial charge in [0.1, 0.15) is 11.1 Å². The number of carbonyl (C=O) groups excluding carboxylic acids is 2. The number of esters is 1. The van der Waals surface area contributed by atoms with Crippen LogP contribution in [0, 0.1) is 0 Å². The van der Waals surface area contributed by atoms with Gasteiger partial charge in [0, 0.05) is 6.42 Å². The maximum Gasteiger partial charge on any atom is 0.411 e. The molecule has 0 saturated carbocycles. The molecule has 2 aliphatic heterocycles. The van der Waals surface area contributed by atoms with E-state index in [1.54, 1.807) is 20.8 Å². The molecular formula is C13H21NO5. The molecule has 6 heteroatoms. The Bertz CT molecular complexity index is 402. The smallest absolute Gasteiger partial charge is 0.411 e. The van der Waals surface area contributed by atoms with Crippen LogP contribution >= 0.6 is 0 Å². The second kappa shape index (κ2) is 4.37. The summed E-state index contributed by atoms with van der Waals surface area (Å²) in [6, 6.07) is -0.353. The first kappa shape index (κ1) is 14.1. The predicted octanol–water partition coefficient (Wildman–Crippen LogP) is 1.06. The van der Waals surface area contributed by atoms with E-state index >= 15 is 0 Å². The Hall–Kier alpha value is -1.30. The summed E-state index contributed by atoms with van der Waals surface area (Å²) in [5.74, 6) is -0.475. The Morgan fingerprint density at radius 2 is 2.00 bits per heavy atom. The molecule has 0 aliphatic carbocycles. The number of carbonyl (C=O) groups is 2. The second-order valence-corrected chi connectivity index (χ2v) is 6.25. The Morgan fingerprint density at radius 1 is 1.37 bits per heavy atom. The van der Waals surface area contributed by atoms with Crippen molar-refractivity contribution in [3.05, 3.63) is 0 Å². The van der Waals surface area contributed by atoms with Crippen molar-refractivity contribution in [3.8, 4) is 0 Å². The number of aliphatic hydroxyl groups excluding tert-OH is 1. The van der Waals surface area contributed by atoms with Crippen LogP contribution in [0.2, 0.25) is 0 Å². The largest absolute Gasteiger partial charge is 0.467 e. The van der Waals surface area contributed by atoms with E-state index in [2.05, 4.69) is 0 Å². The maximum absolute atomic E-state index is 12.3. The highest BCUT2D eigenvalue weighted by molar-refractivity contribution is 5.88. The third-order valence-electron chi connectivity index (χ3n) is 3.79. The molecular weight excluding hydrogens is 250 g/mol. The molecule has 0 radical (unpaired) electrons. The van der Waals surface area contributed by atoms with E-state index in [9.17, 15) is 14.7 Å². The predicted molar refractivity (Wildman–Crippen MR) is 66.5 cm³/mol. The fourth-order valence-corrected chi connectivity index (χ4v) is 3.10. The molecule has 0 aromatic rings. The van der Waals surface area contributed by atoms with Crippen LogP contribution in [-0.4, -0.2) is 52.5 Å². The van der Waals surface area contributed by atoms with Gasteiger partial charge >= 0.3 is 12.1 Å². The maximum atomic E-state index is 12.3. The van der Waals surface area contributed by atoms with Gasteiger partial charge in [0.05, 0.1) is 19.3 Å². The highest BCUT2D eigenvalue weighted by atomic mass is 16.6. The summed E-state index contributed by atoms with van der Waals surface area (Å²) in [7, 11) is 1.29. The van der Waals surface area contributed by atoms with Crippen molar-refractivity contribution in [3.63, 3.8) is 0 Å². The number of hydrogen-bond acceptors (Lipinski definition) is 5. The first-order chi connectivity index (χ1) is 8.71. The van der Waals surface area contributed by atoms with Crippen molar-refractivity contribution in [2.75, 3.05) is 7.11 Å².